The van der Waals surface area contributed by atoms with Crippen LogP contribution in [0.2, 0.25) is 5.02 Å². The van der Waals surface area contributed by atoms with Crippen molar-refractivity contribution < 1.29 is 0 Å². The zero-order chi connectivity index (χ0) is 13.5. The number of benzene rings is 1. The molecule has 1 aromatic rings. The van der Waals surface area contributed by atoms with Crippen molar-refractivity contribution in [2.24, 2.45) is 11.8 Å². The van der Waals surface area contributed by atoms with E-state index in [1.165, 1.54) is 36.3 Å². The fourth-order valence-corrected chi connectivity index (χ4v) is 4.11. The van der Waals surface area contributed by atoms with Gasteiger partial charge in [0.15, 0.2) is 0 Å². The summed E-state index contributed by atoms with van der Waals surface area (Å²) in [6, 6.07) is 8.17. The van der Waals surface area contributed by atoms with Gasteiger partial charge in [-0.25, -0.2) is 0 Å². The Morgan fingerprint density at radius 1 is 1.37 bits per heavy atom. The summed E-state index contributed by atoms with van der Waals surface area (Å²) >= 11 is 8.03. The third-order valence-corrected chi connectivity index (χ3v) is 5.42. The molecule has 104 valence electrons. The van der Waals surface area contributed by atoms with E-state index in [-0.39, 0.29) is 0 Å². The highest BCUT2D eigenvalue weighted by atomic mass is 35.5. The molecule has 2 atom stereocenters. The van der Waals surface area contributed by atoms with E-state index in [0.717, 1.165) is 23.3 Å². The minimum atomic E-state index is 0.764. The molecule has 1 heterocycles. The van der Waals surface area contributed by atoms with Crippen LogP contribution in [-0.4, -0.2) is 11.5 Å². The van der Waals surface area contributed by atoms with Crippen LogP contribution in [0.15, 0.2) is 36.4 Å². The first kappa shape index (κ1) is 15.0. The Kier molecular flexibility index (Phi) is 6.33. The predicted octanol–water partition coefficient (Wildman–Crippen LogP) is 5.61. The molecule has 0 N–H and O–H groups in total. The molecule has 1 aliphatic heterocycles. The smallest absolute Gasteiger partial charge is 0.0406 e. The molecular formula is C17H23ClS. The molecule has 1 saturated heterocycles. The summed E-state index contributed by atoms with van der Waals surface area (Å²) in [5.41, 5.74) is 1.34. The molecule has 0 amide bonds. The van der Waals surface area contributed by atoms with Gasteiger partial charge in [-0.2, -0.15) is 11.8 Å². The Balaban J connectivity index is 1.86. The number of hydrogen-bond acceptors (Lipinski definition) is 1. The average molecular weight is 295 g/mol. The maximum atomic E-state index is 5.90. The number of thioether (sulfide) groups is 1. The van der Waals surface area contributed by atoms with Gasteiger partial charge < -0.3 is 0 Å². The molecule has 0 spiro atoms. The lowest BCUT2D eigenvalue weighted by Crippen LogP contribution is -2.18. The number of rotatable bonds is 5. The molecule has 2 rings (SSSR count). The standard InChI is InChI=1S/C17H23ClS/c1-2-15(16-7-4-12-19-13-16)6-3-5-14-8-10-17(18)11-9-14/h3,6,8-11,15-16H,2,4-5,7,12-13H2,1H3. The van der Waals surface area contributed by atoms with E-state index in [1.54, 1.807) is 0 Å². The van der Waals surface area contributed by atoms with Crippen LogP contribution < -0.4 is 0 Å². The molecule has 1 aliphatic rings. The first-order chi connectivity index (χ1) is 9.29. The van der Waals surface area contributed by atoms with Gasteiger partial charge >= 0.3 is 0 Å². The van der Waals surface area contributed by atoms with Crippen molar-refractivity contribution in [1.82, 2.24) is 0 Å². The molecule has 0 nitrogen and oxygen atoms in total. The number of hydrogen-bond donors (Lipinski definition) is 0. The lowest BCUT2D eigenvalue weighted by molar-refractivity contribution is 0.388. The van der Waals surface area contributed by atoms with Gasteiger partial charge in [-0.05, 0) is 66.7 Å². The van der Waals surface area contributed by atoms with Gasteiger partial charge in [0.1, 0.15) is 0 Å². The highest BCUT2D eigenvalue weighted by Crippen LogP contribution is 2.31. The zero-order valence-electron chi connectivity index (χ0n) is 11.6. The van der Waals surface area contributed by atoms with Gasteiger partial charge in [-0.15, -0.1) is 0 Å². The maximum absolute atomic E-state index is 5.90. The summed E-state index contributed by atoms with van der Waals surface area (Å²) in [6.07, 6.45) is 9.89. The average Bonchev–Trinajstić information content (AvgIpc) is 2.46. The Bertz CT molecular complexity index is 390. The lowest BCUT2D eigenvalue weighted by Gasteiger charge is -2.27. The molecule has 0 aliphatic carbocycles. The number of allylic oxidation sites excluding steroid dienone is 2. The Morgan fingerprint density at radius 2 is 2.16 bits per heavy atom. The van der Waals surface area contributed by atoms with Crippen molar-refractivity contribution in [3.05, 3.63) is 47.0 Å². The summed E-state index contributed by atoms with van der Waals surface area (Å²) in [4.78, 5) is 0. The molecule has 0 aromatic heterocycles. The fraction of sp³-hybridized carbons (Fsp3) is 0.529. The molecule has 0 saturated carbocycles. The highest BCUT2D eigenvalue weighted by Gasteiger charge is 2.20. The van der Waals surface area contributed by atoms with Crippen LogP contribution in [0.25, 0.3) is 0 Å². The second-order valence-electron chi connectivity index (χ2n) is 5.31. The first-order valence-electron chi connectivity index (χ1n) is 7.28. The SMILES string of the molecule is CCC(C=CCc1ccc(Cl)cc1)C1CCCSC1. The van der Waals surface area contributed by atoms with E-state index in [2.05, 4.69) is 43.0 Å². The van der Waals surface area contributed by atoms with Gasteiger partial charge in [0.05, 0.1) is 0 Å². The monoisotopic (exact) mass is 294 g/mol. The molecule has 2 heteroatoms. The van der Waals surface area contributed by atoms with Crippen LogP contribution in [0, 0.1) is 11.8 Å². The Morgan fingerprint density at radius 3 is 2.79 bits per heavy atom. The van der Waals surface area contributed by atoms with Gasteiger partial charge in [0, 0.05) is 5.02 Å². The summed E-state index contributed by atoms with van der Waals surface area (Å²) in [6.45, 7) is 2.32. The minimum Gasteiger partial charge on any atom is -0.162 e. The summed E-state index contributed by atoms with van der Waals surface area (Å²) in [7, 11) is 0. The van der Waals surface area contributed by atoms with Crippen molar-refractivity contribution in [3.8, 4) is 0 Å². The number of halogens is 1. The van der Waals surface area contributed by atoms with Crippen LogP contribution >= 0.6 is 23.4 Å². The van der Waals surface area contributed by atoms with Crippen LogP contribution in [0.3, 0.4) is 0 Å². The van der Waals surface area contributed by atoms with E-state index in [0.29, 0.717) is 0 Å². The highest BCUT2D eigenvalue weighted by molar-refractivity contribution is 7.99. The molecular weight excluding hydrogens is 272 g/mol. The molecule has 2 unspecified atom stereocenters. The molecule has 0 radical (unpaired) electrons. The Hall–Kier alpha value is -0.400. The van der Waals surface area contributed by atoms with Crippen LogP contribution in [-0.2, 0) is 6.42 Å². The first-order valence-corrected chi connectivity index (χ1v) is 8.81. The summed E-state index contributed by atoms with van der Waals surface area (Å²) < 4.78 is 0. The quantitative estimate of drug-likeness (QED) is 0.636. The largest absolute Gasteiger partial charge is 0.162 e. The molecule has 0 bridgehead atoms. The third kappa shape index (κ3) is 4.89. The Labute approximate surface area is 126 Å². The minimum absolute atomic E-state index is 0.764. The fourth-order valence-electron chi connectivity index (χ4n) is 2.73. The maximum Gasteiger partial charge on any atom is 0.0406 e. The van der Waals surface area contributed by atoms with Crippen molar-refractivity contribution in [2.75, 3.05) is 11.5 Å². The van der Waals surface area contributed by atoms with Crippen molar-refractivity contribution >= 4 is 23.4 Å². The second kappa shape index (κ2) is 8.01. The van der Waals surface area contributed by atoms with Gasteiger partial charge in [0.2, 0.25) is 0 Å². The molecule has 1 fully saturated rings. The topological polar surface area (TPSA) is 0 Å². The van der Waals surface area contributed by atoms with E-state index in [1.807, 2.05) is 12.1 Å². The lowest BCUT2D eigenvalue weighted by atomic mass is 9.87. The normalized spacial score (nSPS) is 21.7. The van der Waals surface area contributed by atoms with Crippen molar-refractivity contribution in [3.63, 3.8) is 0 Å². The van der Waals surface area contributed by atoms with Crippen molar-refractivity contribution in [2.45, 2.75) is 32.6 Å². The zero-order valence-corrected chi connectivity index (χ0v) is 13.2. The molecule has 1 aromatic carbocycles. The van der Waals surface area contributed by atoms with Crippen LogP contribution in [0.5, 0.6) is 0 Å². The van der Waals surface area contributed by atoms with Crippen molar-refractivity contribution in [1.29, 1.82) is 0 Å². The van der Waals surface area contributed by atoms with Gasteiger partial charge in [-0.3, -0.25) is 0 Å². The van der Waals surface area contributed by atoms with Gasteiger partial charge in [0.25, 0.3) is 0 Å². The van der Waals surface area contributed by atoms with Gasteiger partial charge in [-0.1, -0.05) is 42.8 Å². The van der Waals surface area contributed by atoms with E-state index in [4.69, 9.17) is 11.6 Å². The van der Waals surface area contributed by atoms with Crippen LogP contribution in [0.1, 0.15) is 31.7 Å². The van der Waals surface area contributed by atoms with Crippen LogP contribution in [0.4, 0.5) is 0 Å². The predicted molar refractivity (Wildman–Crippen MR) is 88.1 cm³/mol. The third-order valence-electron chi connectivity index (χ3n) is 3.92. The molecule has 19 heavy (non-hydrogen) atoms. The van der Waals surface area contributed by atoms with E-state index in [9.17, 15) is 0 Å². The second-order valence-corrected chi connectivity index (χ2v) is 6.89. The summed E-state index contributed by atoms with van der Waals surface area (Å²) in [5.74, 6) is 4.37. The summed E-state index contributed by atoms with van der Waals surface area (Å²) in [5, 5.41) is 0.818. The van der Waals surface area contributed by atoms with E-state index < -0.39 is 0 Å². The van der Waals surface area contributed by atoms with E-state index >= 15 is 0 Å².